The summed E-state index contributed by atoms with van der Waals surface area (Å²) in [5.41, 5.74) is -0.741. The largest absolute Gasteiger partial charge is 0.465 e. The number of hydrogen-bond acceptors (Lipinski definition) is 3. The fourth-order valence-corrected chi connectivity index (χ4v) is 3.37. The van der Waals surface area contributed by atoms with E-state index in [1.165, 1.54) is 6.42 Å². The molecule has 0 aromatic rings. The molecule has 1 saturated heterocycles. The Hall–Kier alpha value is -1.10. The van der Waals surface area contributed by atoms with Gasteiger partial charge in [-0.25, -0.2) is 4.79 Å². The number of ketones is 1. The highest BCUT2D eigenvalue weighted by Gasteiger charge is 2.52. The quantitative estimate of drug-likeness (QED) is 0.726. The van der Waals surface area contributed by atoms with E-state index in [1.807, 2.05) is 0 Å². The van der Waals surface area contributed by atoms with Crippen molar-refractivity contribution in [3.8, 4) is 0 Å². The zero-order valence-corrected chi connectivity index (χ0v) is 10.5. The normalized spacial score (nSPS) is 41.9. The summed E-state index contributed by atoms with van der Waals surface area (Å²) in [6, 6.07) is -0.600. The maximum absolute atomic E-state index is 12.2. The molecule has 1 heterocycles. The lowest BCUT2D eigenvalue weighted by Crippen LogP contribution is -2.46. The van der Waals surface area contributed by atoms with E-state index >= 15 is 0 Å². The van der Waals surface area contributed by atoms with E-state index in [1.54, 1.807) is 6.92 Å². The number of carbonyl (C=O) groups excluding carboxylic acids is 1. The highest BCUT2D eigenvalue weighted by molar-refractivity contribution is 5.95. The Kier molecular flexibility index (Phi) is 2.62. The van der Waals surface area contributed by atoms with Gasteiger partial charge in [-0.1, -0.05) is 0 Å². The predicted octanol–water partition coefficient (Wildman–Crippen LogP) is 1.42. The number of rotatable bonds is 5. The number of ether oxygens (including phenoxy) is 1. The van der Waals surface area contributed by atoms with Gasteiger partial charge >= 0.3 is 6.09 Å². The summed E-state index contributed by atoms with van der Waals surface area (Å²) < 4.78 is 5.13. The Bertz CT molecular complexity index is 380. The number of amides is 1. The molecule has 0 radical (unpaired) electrons. The van der Waals surface area contributed by atoms with E-state index in [-0.39, 0.29) is 5.78 Å². The minimum absolute atomic E-state index is 0.106. The number of Topliss-reactive ketones (excluding diaryl/α,β-unsaturated/α-hetero) is 1. The fraction of sp³-hybridized carbons (Fsp3) is 0.846. The highest BCUT2D eigenvalue weighted by Crippen LogP contribution is 2.55. The Labute approximate surface area is 106 Å². The monoisotopic (exact) mass is 253 g/mol. The second-order valence-corrected chi connectivity index (χ2v) is 6.21. The molecular weight excluding hydrogens is 234 g/mol. The molecule has 2 saturated carbocycles. The third-order valence-corrected chi connectivity index (χ3v) is 4.62. The molecule has 1 aliphatic heterocycles. The smallest absolute Gasteiger partial charge is 0.405 e. The summed E-state index contributed by atoms with van der Waals surface area (Å²) in [5, 5.41) is 11.2. The van der Waals surface area contributed by atoms with Crippen LogP contribution in [0, 0.1) is 17.8 Å². The van der Waals surface area contributed by atoms with Crippen molar-refractivity contribution < 1.29 is 19.4 Å². The first-order chi connectivity index (χ1) is 8.48. The van der Waals surface area contributed by atoms with Gasteiger partial charge in [-0.15, -0.1) is 0 Å². The van der Waals surface area contributed by atoms with Gasteiger partial charge in [0, 0.05) is 0 Å². The molecule has 0 spiro atoms. The summed E-state index contributed by atoms with van der Waals surface area (Å²) >= 11 is 0. The lowest BCUT2D eigenvalue weighted by atomic mass is 9.89. The first-order valence-electron chi connectivity index (χ1n) is 6.65. The van der Waals surface area contributed by atoms with Crippen LogP contribution in [0.4, 0.5) is 4.79 Å². The molecule has 2 aliphatic carbocycles. The first-order valence-corrected chi connectivity index (χ1v) is 6.65. The van der Waals surface area contributed by atoms with Crippen molar-refractivity contribution in [3.63, 3.8) is 0 Å². The van der Waals surface area contributed by atoms with Crippen molar-refractivity contribution in [2.45, 2.75) is 44.2 Å². The van der Waals surface area contributed by atoms with Crippen molar-refractivity contribution >= 4 is 11.9 Å². The SMILES string of the molecule is CC1(C(=O)C(CC2C[C@@H]3C[C@@H]3C2)NC(=O)O)CO1. The van der Waals surface area contributed by atoms with Gasteiger partial charge in [0.25, 0.3) is 0 Å². The molecular formula is C13H19NO4. The minimum Gasteiger partial charge on any atom is -0.465 e. The molecule has 3 aliphatic rings. The molecule has 3 fully saturated rings. The Morgan fingerprint density at radius 3 is 2.50 bits per heavy atom. The van der Waals surface area contributed by atoms with Gasteiger partial charge in [-0.05, 0) is 50.4 Å². The molecule has 3 rings (SSSR count). The fourth-order valence-electron chi connectivity index (χ4n) is 3.37. The molecule has 5 atom stereocenters. The van der Waals surface area contributed by atoms with Crippen molar-refractivity contribution in [2.24, 2.45) is 17.8 Å². The Morgan fingerprint density at radius 2 is 2.00 bits per heavy atom. The van der Waals surface area contributed by atoms with Gasteiger partial charge < -0.3 is 15.2 Å². The van der Waals surface area contributed by atoms with Gasteiger partial charge in [0.2, 0.25) is 0 Å². The molecule has 1 amide bonds. The molecule has 2 N–H and O–H groups in total. The van der Waals surface area contributed by atoms with Crippen LogP contribution < -0.4 is 5.32 Å². The molecule has 5 heteroatoms. The molecule has 0 bridgehead atoms. The van der Waals surface area contributed by atoms with Gasteiger partial charge in [-0.3, -0.25) is 4.79 Å². The number of epoxide rings is 1. The van der Waals surface area contributed by atoms with Crippen LogP contribution in [0.2, 0.25) is 0 Å². The number of carbonyl (C=O) groups is 2. The zero-order valence-electron chi connectivity index (χ0n) is 10.5. The van der Waals surface area contributed by atoms with Crippen molar-refractivity contribution in [2.75, 3.05) is 6.61 Å². The Morgan fingerprint density at radius 1 is 1.39 bits per heavy atom. The van der Waals surface area contributed by atoms with E-state index in [4.69, 9.17) is 9.84 Å². The third-order valence-electron chi connectivity index (χ3n) is 4.62. The van der Waals surface area contributed by atoms with Crippen LogP contribution in [0.5, 0.6) is 0 Å². The number of hydrogen-bond donors (Lipinski definition) is 2. The number of fused-ring (bicyclic) bond motifs is 1. The van der Waals surface area contributed by atoms with E-state index < -0.39 is 17.7 Å². The standard InChI is InChI=1S/C13H19NO4/c1-13(6-18-13)11(15)10(14-12(16)17)4-7-2-8-5-9(8)3-7/h7-10,14H,2-6H2,1H3,(H,16,17)/t7?,8-,9+,10?,13?. The Balaban J connectivity index is 1.61. The number of nitrogens with one attached hydrogen (secondary N) is 1. The zero-order chi connectivity index (χ0) is 12.9. The molecule has 5 nitrogen and oxygen atoms in total. The van der Waals surface area contributed by atoms with Crippen LogP contribution >= 0.6 is 0 Å². The van der Waals surface area contributed by atoms with Gasteiger partial charge in [0.15, 0.2) is 5.78 Å². The first kappa shape index (κ1) is 12.0. The van der Waals surface area contributed by atoms with E-state index in [2.05, 4.69) is 5.32 Å². The number of carboxylic acid groups (broad SMARTS) is 1. The van der Waals surface area contributed by atoms with Gasteiger partial charge in [-0.2, -0.15) is 0 Å². The van der Waals surface area contributed by atoms with Crippen molar-refractivity contribution in [1.29, 1.82) is 0 Å². The average Bonchev–Trinajstić information content (AvgIpc) is 3.18. The molecule has 0 aromatic heterocycles. The highest BCUT2D eigenvalue weighted by atomic mass is 16.6. The molecule has 100 valence electrons. The summed E-state index contributed by atoms with van der Waals surface area (Å²) in [7, 11) is 0. The summed E-state index contributed by atoms with van der Waals surface area (Å²) in [6.07, 6.45) is 3.17. The third kappa shape index (κ3) is 2.23. The van der Waals surface area contributed by atoms with E-state index in [9.17, 15) is 9.59 Å². The van der Waals surface area contributed by atoms with Crippen molar-refractivity contribution in [1.82, 2.24) is 5.32 Å². The summed E-state index contributed by atoms with van der Waals surface area (Å²) in [4.78, 5) is 23.0. The van der Waals surface area contributed by atoms with Crippen LogP contribution in [-0.4, -0.2) is 35.2 Å². The van der Waals surface area contributed by atoms with Crippen LogP contribution in [-0.2, 0) is 9.53 Å². The molecule has 0 aromatic carbocycles. The minimum atomic E-state index is -1.12. The second kappa shape index (κ2) is 3.95. The van der Waals surface area contributed by atoms with E-state index in [0.717, 1.165) is 24.7 Å². The lowest BCUT2D eigenvalue weighted by molar-refractivity contribution is -0.126. The maximum Gasteiger partial charge on any atom is 0.405 e. The topological polar surface area (TPSA) is 78.9 Å². The summed E-state index contributed by atoms with van der Waals surface area (Å²) in [6.45, 7) is 2.15. The maximum atomic E-state index is 12.2. The molecule has 18 heavy (non-hydrogen) atoms. The van der Waals surface area contributed by atoms with Crippen LogP contribution in [0.15, 0.2) is 0 Å². The van der Waals surface area contributed by atoms with Gasteiger partial charge in [0.05, 0.1) is 12.6 Å². The van der Waals surface area contributed by atoms with Crippen molar-refractivity contribution in [3.05, 3.63) is 0 Å². The lowest BCUT2D eigenvalue weighted by Gasteiger charge is -2.21. The van der Waals surface area contributed by atoms with Crippen LogP contribution in [0.25, 0.3) is 0 Å². The second-order valence-electron chi connectivity index (χ2n) is 6.21. The van der Waals surface area contributed by atoms with Crippen LogP contribution in [0.3, 0.4) is 0 Å². The summed E-state index contributed by atoms with van der Waals surface area (Å²) in [5.74, 6) is 2.09. The van der Waals surface area contributed by atoms with Gasteiger partial charge in [0.1, 0.15) is 5.60 Å². The van der Waals surface area contributed by atoms with E-state index in [0.29, 0.717) is 18.9 Å². The van der Waals surface area contributed by atoms with Crippen LogP contribution in [0.1, 0.15) is 32.6 Å². The predicted molar refractivity (Wildman–Crippen MR) is 63.3 cm³/mol. The average molecular weight is 253 g/mol. The molecule has 3 unspecified atom stereocenters.